The summed E-state index contributed by atoms with van der Waals surface area (Å²) in [5.41, 5.74) is 8.94. The molecule has 3 nitrogen and oxygen atoms in total. The number of rotatable bonds is 1. The second kappa shape index (κ2) is 4.69. The van der Waals surface area contributed by atoms with Crippen molar-refractivity contribution in [3.05, 3.63) is 40.6 Å². The van der Waals surface area contributed by atoms with Crippen molar-refractivity contribution in [1.29, 1.82) is 0 Å². The molecule has 2 rings (SSSR count). The molecule has 0 radical (unpaired) electrons. The van der Waals surface area contributed by atoms with Crippen LogP contribution in [0.4, 0.5) is 5.82 Å². The Bertz CT molecular complexity index is 556. The lowest BCUT2D eigenvalue weighted by atomic mass is 9.86. The van der Waals surface area contributed by atoms with Crippen LogP contribution in [0.3, 0.4) is 0 Å². The summed E-state index contributed by atoms with van der Waals surface area (Å²) in [4.78, 5) is 8.46. The van der Waals surface area contributed by atoms with Crippen molar-refractivity contribution in [3.8, 4) is 11.3 Å². The van der Waals surface area contributed by atoms with Gasteiger partial charge in [0.2, 0.25) is 0 Å². The smallest absolute Gasteiger partial charge is 0.156 e. The van der Waals surface area contributed by atoms with E-state index in [2.05, 4.69) is 70.9 Å². The van der Waals surface area contributed by atoms with Crippen LogP contribution in [0.5, 0.6) is 0 Å². The maximum absolute atomic E-state index is 5.63. The third kappa shape index (κ3) is 2.70. The lowest BCUT2D eigenvalue weighted by Gasteiger charge is -2.19. The van der Waals surface area contributed by atoms with Crippen molar-refractivity contribution in [2.45, 2.75) is 26.2 Å². The molecule has 0 aliphatic rings. The molecule has 0 saturated heterocycles. The highest BCUT2D eigenvalue weighted by molar-refractivity contribution is 9.10. The second-order valence-corrected chi connectivity index (χ2v) is 6.01. The quantitative estimate of drug-likeness (QED) is 0.872. The van der Waals surface area contributed by atoms with Gasteiger partial charge in [-0.25, -0.2) is 9.97 Å². The number of anilines is 1. The second-order valence-electron chi connectivity index (χ2n) is 5.26. The number of nitrogens with two attached hydrogens (primary N) is 1. The highest BCUT2D eigenvalue weighted by atomic mass is 79.9. The predicted molar refractivity (Wildman–Crippen MR) is 78.3 cm³/mol. The first-order valence-electron chi connectivity index (χ1n) is 5.77. The lowest BCUT2D eigenvalue weighted by Crippen LogP contribution is -2.10. The van der Waals surface area contributed by atoms with Crippen LogP contribution in [0.15, 0.2) is 35.1 Å². The van der Waals surface area contributed by atoms with E-state index < -0.39 is 0 Å². The summed E-state index contributed by atoms with van der Waals surface area (Å²) in [5, 5.41) is 0. The Morgan fingerprint density at radius 2 is 1.72 bits per heavy atom. The molecule has 1 heterocycles. The largest absolute Gasteiger partial charge is 0.381 e. The number of aromatic nitrogens is 2. The molecule has 0 aliphatic heterocycles. The van der Waals surface area contributed by atoms with Crippen molar-refractivity contribution >= 4 is 21.7 Å². The summed E-state index contributed by atoms with van der Waals surface area (Å²) in [6.07, 6.45) is 1.69. The van der Waals surface area contributed by atoms with Gasteiger partial charge in [-0.05, 0) is 26.9 Å². The van der Waals surface area contributed by atoms with Crippen molar-refractivity contribution in [2.24, 2.45) is 0 Å². The molecule has 1 aromatic carbocycles. The van der Waals surface area contributed by atoms with Crippen LogP contribution in [0, 0.1) is 0 Å². The molecule has 0 fully saturated rings. The van der Waals surface area contributed by atoms with Crippen LogP contribution in [0.25, 0.3) is 11.3 Å². The molecule has 0 unspecified atom stereocenters. The van der Waals surface area contributed by atoms with Crippen molar-refractivity contribution in [1.82, 2.24) is 9.97 Å². The summed E-state index contributed by atoms with van der Waals surface area (Å²) < 4.78 is 0.583. The van der Waals surface area contributed by atoms with Crippen molar-refractivity contribution in [2.75, 3.05) is 5.73 Å². The molecule has 0 bridgehead atoms. The fraction of sp³-hybridized carbons (Fsp3) is 0.286. The third-order valence-corrected chi connectivity index (χ3v) is 3.39. The number of benzene rings is 1. The fourth-order valence-corrected chi connectivity index (χ4v) is 1.95. The van der Waals surface area contributed by atoms with E-state index in [0.29, 0.717) is 10.4 Å². The van der Waals surface area contributed by atoms with Crippen LogP contribution in [0.1, 0.15) is 26.3 Å². The SMILES string of the molecule is CC(C)(C)c1ccc(-c2cnc(N)c(Br)n2)cc1. The maximum atomic E-state index is 5.63. The number of hydrogen-bond acceptors (Lipinski definition) is 3. The Balaban J connectivity index is 2.37. The Labute approximate surface area is 116 Å². The number of hydrogen-bond donors (Lipinski definition) is 1. The fourth-order valence-electron chi connectivity index (χ4n) is 1.66. The Morgan fingerprint density at radius 3 is 2.22 bits per heavy atom. The van der Waals surface area contributed by atoms with Gasteiger partial charge in [0.25, 0.3) is 0 Å². The minimum Gasteiger partial charge on any atom is -0.381 e. The van der Waals surface area contributed by atoms with Crippen LogP contribution in [0.2, 0.25) is 0 Å². The molecular weight excluding hydrogens is 290 g/mol. The minimum absolute atomic E-state index is 0.159. The zero-order valence-electron chi connectivity index (χ0n) is 10.7. The van der Waals surface area contributed by atoms with Gasteiger partial charge >= 0.3 is 0 Å². The first kappa shape index (κ1) is 13.0. The van der Waals surface area contributed by atoms with Gasteiger partial charge < -0.3 is 5.73 Å². The molecule has 94 valence electrons. The summed E-state index contributed by atoms with van der Waals surface area (Å²) in [6, 6.07) is 8.38. The normalized spacial score (nSPS) is 11.6. The van der Waals surface area contributed by atoms with E-state index in [1.54, 1.807) is 6.20 Å². The van der Waals surface area contributed by atoms with Gasteiger partial charge in [0, 0.05) is 5.56 Å². The number of halogens is 1. The van der Waals surface area contributed by atoms with E-state index in [9.17, 15) is 0 Å². The summed E-state index contributed by atoms with van der Waals surface area (Å²) in [5.74, 6) is 0.407. The standard InChI is InChI=1S/C14H16BrN3/c1-14(2,3)10-6-4-9(5-7-10)11-8-17-13(16)12(15)18-11/h4-8H,1-3H3,(H2,16,17). The minimum atomic E-state index is 0.159. The van der Waals surface area contributed by atoms with Crippen LogP contribution in [-0.2, 0) is 5.41 Å². The number of nitrogen functional groups attached to an aromatic ring is 1. The Kier molecular flexibility index (Phi) is 3.39. The molecule has 0 spiro atoms. The van der Waals surface area contributed by atoms with E-state index in [0.717, 1.165) is 11.3 Å². The van der Waals surface area contributed by atoms with E-state index >= 15 is 0 Å². The first-order chi connectivity index (χ1) is 8.38. The van der Waals surface area contributed by atoms with E-state index in [1.807, 2.05) is 0 Å². The summed E-state index contributed by atoms with van der Waals surface area (Å²) >= 11 is 3.29. The van der Waals surface area contributed by atoms with Gasteiger partial charge in [-0.2, -0.15) is 0 Å². The van der Waals surface area contributed by atoms with Crippen molar-refractivity contribution < 1.29 is 0 Å². The lowest BCUT2D eigenvalue weighted by molar-refractivity contribution is 0.590. The molecule has 0 saturated carbocycles. The third-order valence-electron chi connectivity index (χ3n) is 2.80. The van der Waals surface area contributed by atoms with Gasteiger partial charge in [-0.15, -0.1) is 0 Å². The molecule has 1 aromatic heterocycles. The molecule has 18 heavy (non-hydrogen) atoms. The predicted octanol–water partition coefficient (Wildman–Crippen LogP) is 3.79. The van der Waals surface area contributed by atoms with Gasteiger partial charge in [0.05, 0.1) is 11.9 Å². The molecule has 2 N–H and O–H groups in total. The summed E-state index contributed by atoms with van der Waals surface area (Å²) in [7, 11) is 0. The molecule has 0 amide bonds. The van der Waals surface area contributed by atoms with Crippen LogP contribution >= 0.6 is 15.9 Å². The van der Waals surface area contributed by atoms with Gasteiger partial charge in [-0.1, -0.05) is 45.0 Å². The van der Waals surface area contributed by atoms with Gasteiger partial charge in [-0.3, -0.25) is 0 Å². The van der Waals surface area contributed by atoms with Gasteiger partial charge in [0.15, 0.2) is 5.82 Å². The molecule has 4 heteroatoms. The zero-order chi connectivity index (χ0) is 13.3. The average Bonchev–Trinajstić information content (AvgIpc) is 2.32. The summed E-state index contributed by atoms with van der Waals surface area (Å²) in [6.45, 7) is 6.59. The van der Waals surface area contributed by atoms with E-state index in [1.165, 1.54) is 5.56 Å². The highest BCUT2D eigenvalue weighted by Crippen LogP contribution is 2.26. The van der Waals surface area contributed by atoms with Crippen LogP contribution < -0.4 is 5.73 Å². The van der Waals surface area contributed by atoms with Crippen molar-refractivity contribution in [3.63, 3.8) is 0 Å². The first-order valence-corrected chi connectivity index (χ1v) is 6.56. The van der Waals surface area contributed by atoms with E-state index in [-0.39, 0.29) is 5.41 Å². The number of nitrogens with zero attached hydrogens (tertiary/aromatic N) is 2. The zero-order valence-corrected chi connectivity index (χ0v) is 12.3. The molecule has 0 atom stereocenters. The van der Waals surface area contributed by atoms with Crippen LogP contribution in [-0.4, -0.2) is 9.97 Å². The Morgan fingerprint density at radius 1 is 1.11 bits per heavy atom. The molecule has 2 aromatic rings. The maximum Gasteiger partial charge on any atom is 0.156 e. The molecular formula is C14H16BrN3. The van der Waals surface area contributed by atoms with Gasteiger partial charge in [0.1, 0.15) is 4.60 Å². The Hall–Kier alpha value is -1.42. The average molecular weight is 306 g/mol. The topological polar surface area (TPSA) is 51.8 Å². The monoisotopic (exact) mass is 305 g/mol. The molecule has 0 aliphatic carbocycles. The highest BCUT2D eigenvalue weighted by Gasteiger charge is 2.13. The van der Waals surface area contributed by atoms with E-state index in [4.69, 9.17) is 5.73 Å².